The molecule has 1 aliphatic heterocycles. The van der Waals surface area contributed by atoms with Gasteiger partial charge in [0.2, 0.25) is 5.91 Å². The van der Waals surface area contributed by atoms with E-state index in [-0.39, 0.29) is 11.3 Å². The highest BCUT2D eigenvalue weighted by Gasteiger charge is 2.25. The van der Waals surface area contributed by atoms with Crippen molar-refractivity contribution >= 4 is 11.7 Å². The fourth-order valence-electron chi connectivity index (χ4n) is 3.39. The summed E-state index contributed by atoms with van der Waals surface area (Å²) in [5.74, 6) is 2.40. The average molecular weight is 399 g/mol. The molecule has 1 aliphatic rings. The number of anilines is 1. The zero-order valence-electron chi connectivity index (χ0n) is 17.9. The monoisotopic (exact) mass is 398 g/mol. The lowest BCUT2D eigenvalue weighted by Crippen LogP contribution is -2.49. The van der Waals surface area contributed by atoms with Gasteiger partial charge < -0.3 is 19.3 Å². The third kappa shape index (κ3) is 5.16. The Hall–Kier alpha value is -2.83. The quantitative estimate of drug-likeness (QED) is 0.770. The Balaban J connectivity index is 1.64. The van der Waals surface area contributed by atoms with Crippen molar-refractivity contribution in [1.29, 1.82) is 0 Å². The number of benzene rings is 1. The van der Waals surface area contributed by atoms with E-state index in [1.165, 1.54) is 0 Å². The van der Waals surface area contributed by atoms with E-state index < -0.39 is 0 Å². The van der Waals surface area contributed by atoms with E-state index in [9.17, 15) is 4.79 Å². The van der Waals surface area contributed by atoms with Gasteiger partial charge in [-0.05, 0) is 35.7 Å². The largest absolute Gasteiger partial charge is 0.493 e. The predicted molar refractivity (Wildman–Crippen MR) is 113 cm³/mol. The first-order chi connectivity index (χ1) is 13.8. The summed E-state index contributed by atoms with van der Waals surface area (Å²) in [5, 5.41) is 8.80. The van der Waals surface area contributed by atoms with E-state index in [2.05, 4.69) is 35.9 Å². The highest BCUT2D eigenvalue weighted by molar-refractivity contribution is 5.77. The molecule has 3 rings (SSSR count). The Kier molecular flexibility index (Phi) is 6.25. The Morgan fingerprint density at radius 2 is 1.66 bits per heavy atom. The number of rotatable bonds is 5. The lowest BCUT2D eigenvalue weighted by atomic mass is 9.91. The second-order valence-corrected chi connectivity index (χ2v) is 8.45. The molecule has 0 aliphatic carbocycles. The molecule has 0 bridgehead atoms. The van der Waals surface area contributed by atoms with Crippen molar-refractivity contribution < 1.29 is 14.3 Å². The maximum absolute atomic E-state index is 12.4. The third-order valence-corrected chi connectivity index (χ3v) is 4.97. The molecule has 0 spiro atoms. The lowest BCUT2D eigenvalue weighted by molar-refractivity contribution is -0.133. The molecular formula is C22H30N4O3. The van der Waals surface area contributed by atoms with Crippen molar-refractivity contribution in [2.24, 2.45) is 5.41 Å². The molecule has 0 unspecified atom stereocenters. The topological polar surface area (TPSA) is 67.8 Å². The number of ether oxygens (including phenoxy) is 2. The Morgan fingerprint density at radius 3 is 2.21 bits per heavy atom. The van der Waals surface area contributed by atoms with Crippen LogP contribution in [0.5, 0.6) is 11.5 Å². The molecule has 1 saturated heterocycles. The van der Waals surface area contributed by atoms with Crippen LogP contribution in [0.3, 0.4) is 0 Å². The van der Waals surface area contributed by atoms with Gasteiger partial charge in [-0.25, -0.2) is 0 Å². The van der Waals surface area contributed by atoms with Crippen LogP contribution in [0.15, 0.2) is 30.3 Å². The molecule has 2 aromatic rings. The van der Waals surface area contributed by atoms with Crippen LogP contribution in [0.25, 0.3) is 11.3 Å². The second kappa shape index (κ2) is 8.68. The van der Waals surface area contributed by atoms with Crippen LogP contribution >= 0.6 is 0 Å². The molecule has 29 heavy (non-hydrogen) atoms. The van der Waals surface area contributed by atoms with Crippen molar-refractivity contribution in [2.45, 2.75) is 27.2 Å². The van der Waals surface area contributed by atoms with Gasteiger partial charge in [0.25, 0.3) is 0 Å². The van der Waals surface area contributed by atoms with Gasteiger partial charge in [-0.15, -0.1) is 10.2 Å². The number of carbonyl (C=O) groups excluding carboxylic acids is 1. The molecular weight excluding hydrogens is 368 g/mol. The van der Waals surface area contributed by atoms with Crippen LogP contribution in [-0.2, 0) is 4.79 Å². The van der Waals surface area contributed by atoms with Gasteiger partial charge in [0.15, 0.2) is 17.3 Å². The van der Waals surface area contributed by atoms with Gasteiger partial charge in [0.05, 0.1) is 19.9 Å². The van der Waals surface area contributed by atoms with E-state index in [0.717, 1.165) is 30.2 Å². The van der Waals surface area contributed by atoms with Gasteiger partial charge in [-0.2, -0.15) is 0 Å². The highest BCUT2D eigenvalue weighted by atomic mass is 16.5. The van der Waals surface area contributed by atoms with E-state index in [0.29, 0.717) is 31.0 Å². The molecule has 1 fully saturated rings. The minimum absolute atomic E-state index is 0.0136. The number of hydrogen-bond acceptors (Lipinski definition) is 6. The molecule has 0 saturated carbocycles. The number of methoxy groups -OCH3 is 2. The molecule has 1 aromatic heterocycles. The molecule has 0 N–H and O–H groups in total. The summed E-state index contributed by atoms with van der Waals surface area (Å²) in [6.07, 6.45) is 0.576. The number of aromatic nitrogens is 2. The molecule has 2 heterocycles. The summed E-state index contributed by atoms with van der Waals surface area (Å²) in [6, 6.07) is 9.62. The highest BCUT2D eigenvalue weighted by Crippen LogP contribution is 2.31. The molecule has 0 radical (unpaired) electrons. The van der Waals surface area contributed by atoms with Gasteiger partial charge >= 0.3 is 0 Å². The van der Waals surface area contributed by atoms with Crippen molar-refractivity contribution in [2.75, 3.05) is 45.3 Å². The zero-order valence-corrected chi connectivity index (χ0v) is 17.9. The first-order valence-corrected chi connectivity index (χ1v) is 9.89. The van der Waals surface area contributed by atoms with Crippen molar-refractivity contribution in [1.82, 2.24) is 15.1 Å². The van der Waals surface area contributed by atoms with Crippen LogP contribution in [-0.4, -0.2) is 61.4 Å². The average Bonchev–Trinajstić information content (AvgIpc) is 2.72. The minimum Gasteiger partial charge on any atom is -0.493 e. The standard InChI is InChI=1S/C22H30N4O3/c1-22(2,3)15-21(27)26-12-10-25(11-13-26)20-9-7-17(23-24-20)16-6-8-18(28-4)19(14-16)29-5/h6-9,14H,10-13,15H2,1-5H3. The first-order valence-electron chi connectivity index (χ1n) is 9.89. The molecule has 7 heteroatoms. The predicted octanol–water partition coefficient (Wildman–Crippen LogP) is 3.25. The first kappa shape index (κ1) is 20.9. The van der Waals surface area contributed by atoms with Crippen LogP contribution in [0, 0.1) is 5.41 Å². The van der Waals surface area contributed by atoms with E-state index >= 15 is 0 Å². The maximum atomic E-state index is 12.4. The summed E-state index contributed by atoms with van der Waals surface area (Å²) < 4.78 is 10.6. The van der Waals surface area contributed by atoms with Crippen molar-refractivity contribution in [3.63, 3.8) is 0 Å². The van der Waals surface area contributed by atoms with Crippen LogP contribution < -0.4 is 14.4 Å². The summed E-state index contributed by atoms with van der Waals surface area (Å²) >= 11 is 0. The van der Waals surface area contributed by atoms with E-state index in [1.807, 2.05) is 35.2 Å². The minimum atomic E-state index is 0.0136. The Morgan fingerprint density at radius 1 is 0.966 bits per heavy atom. The molecule has 1 amide bonds. The summed E-state index contributed by atoms with van der Waals surface area (Å²) in [5.41, 5.74) is 1.70. The van der Waals surface area contributed by atoms with Crippen molar-refractivity contribution in [3.05, 3.63) is 30.3 Å². The lowest BCUT2D eigenvalue weighted by Gasteiger charge is -2.36. The van der Waals surface area contributed by atoms with Gasteiger partial charge in [-0.1, -0.05) is 20.8 Å². The Labute approximate surface area is 172 Å². The van der Waals surface area contributed by atoms with E-state index in [1.54, 1.807) is 14.2 Å². The number of carbonyl (C=O) groups is 1. The van der Waals surface area contributed by atoms with Crippen molar-refractivity contribution in [3.8, 4) is 22.8 Å². The number of piperazine rings is 1. The summed E-state index contributed by atoms with van der Waals surface area (Å²) in [6.45, 7) is 9.24. The number of nitrogens with zero attached hydrogens (tertiary/aromatic N) is 4. The normalized spacial score (nSPS) is 14.7. The van der Waals surface area contributed by atoms with E-state index in [4.69, 9.17) is 9.47 Å². The van der Waals surface area contributed by atoms with Crippen LogP contribution in [0.2, 0.25) is 0 Å². The van der Waals surface area contributed by atoms with Gasteiger partial charge in [0, 0.05) is 38.2 Å². The fraction of sp³-hybridized carbons (Fsp3) is 0.500. The van der Waals surface area contributed by atoms with Crippen LogP contribution in [0.4, 0.5) is 5.82 Å². The summed E-state index contributed by atoms with van der Waals surface area (Å²) in [4.78, 5) is 16.5. The molecule has 156 valence electrons. The summed E-state index contributed by atoms with van der Waals surface area (Å²) in [7, 11) is 3.23. The van der Waals surface area contributed by atoms with Gasteiger partial charge in [-0.3, -0.25) is 4.79 Å². The number of amides is 1. The SMILES string of the molecule is COc1ccc(-c2ccc(N3CCN(C(=O)CC(C)(C)C)CC3)nn2)cc1OC. The van der Waals surface area contributed by atoms with Gasteiger partial charge in [0.1, 0.15) is 0 Å². The number of hydrogen-bond donors (Lipinski definition) is 0. The smallest absolute Gasteiger partial charge is 0.223 e. The third-order valence-electron chi connectivity index (χ3n) is 4.97. The maximum Gasteiger partial charge on any atom is 0.223 e. The second-order valence-electron chi connectivity index (χ2n) is 8.45. The fourth-order valence-corrected chi connectivity index (χ4v) is 3.39. The molecule has 0 atom stereocenters. The Bertz CT molecular complexity index is 838. The molecule has 7 nitrogen and oxygen atoms in total. The molecule has 1 aromatic carbocycles. The zero-order chi connectivity index (χ0) is 21.0. The van der Waals surface area contributed by atoms with Crippen LogP contribution in [0.1, 0.15) is 27.2 Å².